The molecule has 1 saturated carbocycles. The summed E-state index contributed by atoms with van der Waals surface area (Å²) in [7, 11) is 0. The second-order valence-electron chi connectivity index (χ2n) is 12.0. The van der Waals surface area contributed by atoms with Crippen LogP contribution in [0.4, 0.5) is 0 Å². The van der Waals surface area contributed by atoms with Gasteiger partial charge in [0.25, 0.3) is 0 Å². The Morgan fingerprint density at radius 1 is 1.00 bits per heavy atom. The zero-order valence-corrected chi connectivity index (χ0v) is 22.4. The van der Waals surface area contributed by atoms with Gasteiger partial charge in [0.05, 0.1) is 5.41 Å². The lowest BCUT2D eigenvalue weighted by atomic mass is 9.69. The molecule has 202 valence electrons. The van der Waals surface area contributed by atoms with Crippen LogP contribution >= 0.6 is 0 Å². The normalized spacial score (nSPS) is 27.6. The lowest BCUT2D eigenvalue weighted by Gasteiger charge is -2.45. The first-order valence-electron chi connectivity index (χ1n) is 14.8. The molecule has 4 saturated heterocycles. The largest absolute Gasteiger partial charge is 0.460 e. The van der Waals surface area contributed by atoms with E-state index in [2.05, 4.69) is 29.2 Å². The second kappa shape index (κ2) is 12.1. The van der Waals surface area contributed by atoms with Crippen molar-refractivity contribution in [3.8, 4) is 0 Å². The first kappa shape index (κ1) is 26.4. The Hall–Kier alpha value is -2.21. The van der Waals surface area contributed by atoms with E-state index in [9.17, 15) is 14.4 Å². The average Bonchev–Trinajstić information content (AvgIpc) is 2.95. The highest BCUT2D eigenvalue weighted by molar-refractivity contribution is 5.83. The summed E-state index contributed by atoms with van der Waals surface area (Å²) < 4.78 is 6.31. The number of likely N-dealkylation sites (tertiary alicyclic amines) is 1. The summed E-state index contributed by atoms with van der Waals surface area (Å²) in [5.74, 6) is 1.19. The molecule has 6 nitrogen and oxygen atoms in total. The summed E-state index contributed by atoms with van der Waals surface area (Å²) in [5, 5.41) is 0. The maximum atomic E-state index is 13.8. The summed E-state index contributed by atoms with van der Waals surface area (Å²) in [5.41, 5.74) is 1.79. The number of aldehydes is 1. The van der Waals surface area contributed by atoms with E-state index in [1.165, 1.54) is 12.0 Å². The number of carbonyl (C=O) groups excluding carboxylic acids is 3. The van der Waals surface area contributed by atoms with Crippen molar-refractivity contribution in [2.24, 2.45) is 11.8 Å². The highest BCUT2D eigenvalue weighted by Gasteiger charge is 2.45. The first-order valence-corrected chi connectivity index (χ1v) is 14.8. The Labute approximate surface area is 222 Å². The number of esters is 1. The molecular weight excluding hydrogens is 464 g/mol. The van der Waals surface area contributed by atoms with Gasteiger partial charge in [0.15, 0.2) is 0 Å². The monoisotopic (exact) mass is 508 g/mol. The first-order chi connectivity index (χ1) is 18.1. The Kier molecular flexibility index (Phi) is 8.63. The van der Waals surface area contributed by atoms with Crippen molar-refractivity contribution in [2.45, 2.75) is 95.0 Å². The number of aryl methyl sites for hydroxylation is 1. The van der Waals surface area contributed by atoms with Gasteiger partial charge in [-0.1, -0.05) is 43.5 Å². The van der Waals surface area contributed by atoms with E-state index in [1.54, 1.807) is 0 Å². The fourth-order valence-electron chi connectivity index (χ4n) is 7.24. The van der Waals surface area contributed by atoms with Gasteiger partial charge < -0.3 is 14.4 Å². The topological polar surface area (TPSA) is 66.9 Å². The number of ether oxygens (including phenoxy) is 1. The molecule has 5 aliphatic rings. The third kappa shape index (κ3) is 6.10. The number of hydrogen-bond acceptors (Lipinski definition) is 5. The number of nitrogens with zero attached hydrogens (tertiary/aromatic N) is 2. The Morgan fingerprint density at radius 3 is 2.43 bits per heavy atom. The highest BCUT2D eigenvalue weighted by atomic mass is 16.5. The molecule has 1 aliphatic carbocycles. The zero-order chi connectivity index (χ0) is 25.7. The van der Waals surface area contributed by atoms with Gasteiger partial charge in [0, 0.05) is 32.5 Å². The quantitative estimate of drug-likeness (QED) is 0.358. The van der Waals surface area contributed by atoms with Crippen LogP contribution in [0.3, 0.4) is 0 Å². The summed E-state index contributed by atoms with van der Waals surface area (Å²) in [6.45, 7) is 4.74. The highest BCUT2D eigenvalue weighted by Crippen LogP contribution is 2.42. The fraction of sp³-hybridized carbons (Fsp3) is 0.710. The van der Waals surface area contributed by atoms with Gasteiger partial charge in [-0.3, -0.25) is 14.5 Å². The van der Waals surface area contributed by atoms with Crippen LogP contribution in [0.1, 0.15) is 88.2 Å². The second-order valence-corrected chi connectivity index (χ2v) is 12.0. The van der Waals surface area contributed by atoms with E-state index in [4.69, 9.17) is 4.74 Å². The molecule has 0 N–H and O–H groups in total. The number of piperidine rings is 4. The minimum atomic E-state index is -0.526. The molecule has 0 radical (unpaired) electrons. The van der Waals surface area contributed by atoms with Crippen LogP contribution in [-0.2, 0) is 31.0 Å². The van der Waals surface area contributed by atoms with Crippen molar-refractivity contribution < 1.29 is 19.1 Å². The van der Waals surface area contributed by atoms with Crippen molar-refractivity contribution in [3.63, 3.8) is 0 Å². The molecule has 2 bridgehead atoms. The fourth-order valence-corrected chi connectivity index (χ4v) is 7.24. The third-order valence-corrected chi connectivity index (χ3v) is 9.68. The van der Waals surface area contributed by atoms with Crippen LogP contribution in [0.2, 0.25) is 0 Å². The van der Waals surface area contributed by atoms with Crippen molar-refractivity contribution in [1.82, 2.24) is 9.80 Å². The van der Waals surface area contributed by atoms with Crippen LogP contribution in [0.15, 0.2) is 24.3 Å². The maximum Gasteiger partial charge on any atom is 0.316 e. The molecule has 1 aromatic carbocycles. The number of benzene rings is 1. The van der Waals surface area contributed by atoms with E-state index < -0.39 is 5.41 Å². The Bertz CT molecular complexity index is 940. The van der Waals surface area contributed by atoms with Gasteiger partial charge in [-0.2, -0.15) is 0 Å². The molecule has 37 heavy (non-hydrogen) atoms. The van der Waals surface area contributed by atoms with Gasteiger partial charge in [-0.05, 0) is 87.4 Å². The van der Waals surface area contributed by atoms with E-state index in [-0.39, 0.29) is 18.0 Å². The van der Waals surface area contributed by atoms with Crippen LogP contribution in [0.5, 0.6) is 0 Å². The molecule has 1 atom stereocenters. The van der Waals surface area contributed by atoms with Crippen molar-refractivity contribution in [3.05, 3.63) is 35.4 Å². The van der Waals surface area contributed by atoms with Crippen molar-refractivity contribution in [1.29, 1.82) is 0 Å². The molecule has 0 aromatic heterocycles. The Morgan fingerprint density at radius 2 is 1.76 bits per heavy atom. The molecular formula is C31H44N2O4. The molecule has 1 amide bonds. The van der Waals surface area contributed by atoms with E-state index in [0.717, 1.165) is 109 Å². The third-order valence-electron chi connectivity index (χ3n) is 9.68. The molecule has 1 aromatic rings. The van der Waals surface area contributed by atoms with E-state index >= 15 is 0 Å². The van der Waals surface area contributed by atoms with Crippen LogP contribution < -0.4 is 0 Å². The van der Waals surface area contributed by atoms with E-state index in [0.29, 0.717) is 24.7 Å². The van der Waals surface area contributed by atoms with Gasteiger partial charge in [0.1, 0.15) is 12.4 Å². The summed E-state index contributed by atoms with van der Waals surface area (Å²) >= 11 is 0. The SMILES string of the molecule is O=CCC1CCN(C(=O)CCCc2cccc(C3(C(=O)O[C@H]4CN5CCC4CC5)CCCCC3)c2)CC1. The molecule has 4 heterocycles. The summed E-state index contributed by atoms with van der Waals surface area (Å²) in [4.78, 5) is 41.7. The lowest BCUT2D eigenvalue weighted by molar-refractivity contribution is -0.167. The maximum absolute atomic E-state index is 13.8. The molecule has 6 heteroatoms. The van der Waals surface area contributed by atoms with E-state index in [1.807, 2.05) is 4.90 Å². The summed E-state index contributed by atoms with van der Waals surface area (Å²) in [6.07, 6.45) is 13.1. The smallest absolute Gasteiger partial charge is 0.316 e. The van der Waals surface area contributed by atoms with Crippen molar-refractivity contribution in [2.75, 3.05) is 32.7 Å². The van der Waals surface area contributed by atoms with Gasteiger partial charge in [0.2, 0.25) is 5.91 Å². The molecule has 6 rings (SSSR count). The standard InChI is InChI=1S/C31H44N2O4/c34-21-14-24-10-19-33(20-11-24)29(35)9-5-7-25-6-4-8-27(22-25)31(15-2-1-3-16-31)30(36)37-28-23-32-17-12-26(28)13-18-32/h4,6,8,21-22,24,26,28H,1-3,5,7,9-20,23H2/t28-/m0/s1. The Balaban J connectivity index is 1.19. The summed E-state index contributed by atoms with van der Waals surface area (Å²) in [6, 6.07) is 8.57. The predicted octanol–water partition coefficient (Wildman–Crippen LogP) is 4.68. The molecule has 4 aliphatic heterocycles. The predicted molar refractivity (Wildman–Crippen MR) is 143 cm³/mol. The molecule has 0 spiro atoms. The van der Waals surface area contributed by atoms with Crippen LogP contribution in [0, 0.1) is 11.8 Å². The van der Waals surface area contributed by atoms with Gasteiger partial charge >= 0.3 is 5.97 Å². The minimum Gasteiger partial charge on any atom is -0.460 e. The van der Waals surface area contributed by atoms with Gasteiger partial charge in [-0.15, -0.1) is 0 Å². The van der Waals surface area contributed by atoms with Crippen molar-refractivity contribution >= 4 is 18.2 Å². The molecule has 0 unspecified atom stereocenters. The number of amides is 1. The van der Waals surface area contributed by atoms with Crippen LogP contribution in [-0.4, -0.2) is 66.8 Å². The minimum absolute atomic E-state index is 0.00346. The number of rotatable bonds is 9. The number of carbonyl (C=O) groups is 3. The number of fused-ring (bicyclic) bond motifs is 3. The average molecular weight is 509 g/mol. The lowest BCUT2D eigenvalue weighted by Crippen LogP contribution is -2.53. The molecule has 5 fully saturated rings. The zero-order valence-electron chi connectivity index (χ0n) is 22.4. The number of hydrogen-bond donors (Lipinski definition) is 0. The van der Waals surface area contributed by atoms with Gasteiger partial charge in [-0.25, -0.2) is 0 Å². The van der Waals surface area contributed by atoms with Crippen LogP contribution in [0.25, 0.3) is 0 Å².